The molecule has 0 unspecified atom stereocenters. The van der Waals surface area contributed by atoms with Crippen LogP contribution in [0.25, 0.3) is 0 Å². The Morgan fingerprint density at radius 1 is 1.16 bits per heavy atom. The second-order valence-electron chi connectivity index (χ2n) is 4.32. The van der Waals surface area contributed by atoms with E-state index in [-0.39, 0.29) is 18.0 Å². The molecule has 1 aromatic carbocycles. The Balaban J connectivity index is 2.41. The zero-order valence-corrected chi connectivity index (χ0v) is 11.0. The van der Waals surface area contributed by atoms with Gasteiger partial charge in [0.1, 0.15) is 0 Å². The van der Waals surface area contributed by atoms with E-state index in [9.17, 15) is 18.0 Å². The first-order valence-electron chi connectivity index (χ1n) is 5.49. The number of carbonyl (C=O) groups excluding carboxylic acids is 2. The molecule has 1 aromatic rings. The molecule has 8 heteroatoms. The molecule has 0 bridgehead atoms. The lowest BCUT2D eigenvalue weighted by Gasteiger charge is -2.25. The largest absolute Gasteiger partial charge is 0.399 e. The van der Waals surface area contributed by atoms with E-state index in [0.29, 0.717) is 11.3 Å². The molecular weight excluding hydrogens is 270 g/mol. The van der Waals surface area contributed by atoms with E-state index in [4.69, 9.17) is 5.73 Å². The van der Waals surface area contributed by atoms with Crippen LogP contribution in [-0.2, 0) is 19.6 Å². The van der Waals surface area contributed by atoms with Gasteiger partial charge < -0.3 is 5.73 Å². The smallest absolute Gasteiger partial charge is 0.244 e. The standard InChI is InChI=1S/C11H13N3O4S/c1-7-2-8(12)4-9(3-7)19(17,18)14-5-10(15)13-11(16)6-14/h2-4H,5-6,12H2,1H3,(H,13,15,16). The number of anilines is 1. The van der Waals surface area contributed by atoms with Gasteiger partial charge in [-0.25, -0.2) is 8.42 Å². The number of hydrogen-bond donors (Lipinski definition) is 2. The van der Waals surface area contributed by atoms with Gasteiger partial charge in [-0.3, -0.25) is 14.9 Å². The Labute approximate surface area is 110 Å². The van der Waals surface area contributed by atoms with Gasteiger partial charge >= 0.3 is 0 Å². The summed E-state index contributed by atoms with van der Waals surface area (Å²) in [6, 6.07) is 4.38. The van der Waals surface area contributed by atoms with Crippen molar-refractivity contribution >= 4 is 27.5 Å². The first-order valence-corrected chi connectivity index (χ1v) is 6.93. The maximum Gasteiger partial charge on any atom is 0.244 e. The van der Waals surface area contributed by atoms with E-state index in [2.05, 4.69) is 0 Å². The Kier molecular flexibility index (Phi) is 3.29. The van der Waals surface area contributed by atoms with Crippen LogP contribution in [0.2, 0.25) is 0 Å². The molecule has 1 fully saturated rings. The number of piperazine rings is 1. The molecular formula is C11H13N3O4S. The van der Waals surface area contributed by atoms with Crippen molar-refractivity contribution in [2.45, 2.75) is 11.8 Å². The van der Waals surface area contributed by atoms with Gasteiger partial charge in [-0.2, -0.15) is 4.31 Å². The van der Waals surface area contributed by atoms with Crippen LogP contribution >= 0.6 is 0 Å². The third kappa shape index (κ3) is 2.74. The third-order valence-electron chi connectivity index (χ3n) is 2.63. The molecule has 0 spiro atoms. The lowest BCUT2D eigenvalue weighted by atomic mass is 10.2. The van der Waals surface area contributed by atoms with E-state index in [0.717, 1.165) is 4.31 Å². The number of hydrogen-bond acceptors (Lipinski definition) is 5. The fraction of sp³-hybridized carbons (Fsp3) is 0.273. The van der Waals surface area contributed by atoms with Crippen molar-refractivity contribution in [1.82, 2.24) is 9.62 Å². The van der Waals surface area contributed by atoms with E-state index >= 15 is 0 Å². The number of nitrogens with zero attached hydrogens (tertiary/aromatic N) is 1. The maximum atomic E-state index is 12.3. The molecule has 0 aliphatic carbocycles. The highest BCUT2D eigenvalue weighted by atomic mass is 32.2. The Bertz CT molecular complexity index is 618. The predicted octanol–water partition coefficient (Wildman–Crippen LogP) is -0.776. The Morgan fingerprint density at radius 2 is 1.74 bits per heavy atom. The molecule has 7 nitrogen and oxygen atoms in total. The van der Waals surface area contributed by atoms with Crippen LogP contribution < -0.4 is 11.1 Å². The Morgan fingerprint density at radius 3 is 2.26 bits per heavy atom. The summed E-state index contributed by atoms with van der Waals surface area (Å²) in [4.78, 5) is 22.4. The van der Waals surface area contributed by atoms with Crippen molar-refractivity contribution in [2.24, 2.45) is 0 Å². The molecule has 0 saturated carbocycles. The molecule has 19 heavy (non-hydrogen) atoms. The number of benzene rings is 1. The fourth-order valence-corrected chi connectivity index (χ4v) is 3.35. The van der Waals surface area contributed by atoms with Crippen LogP contribution in [0.4, 0.5) is 5.69 Å². The summed E-state index contributed by atoms with van der Waals surface area (Å²) in [6.45, 7) is 0.966. The topological polar surface area (TPSA) is 110 Å². The summed E-state index contributed by atoms with van der Waals surface area (Å²) in [6.07, 6.45) is 0. The molecule has 0 aromatic heterocycles. The number of nitrogens with one attached hydrogen (secondary N) is 1. The quantitative estimate of drug-likeness (QED) is 0.547. The number of aryl methyl sites for hydroxylation is 1. The second-order valence-corrected chi connectivity index (χ2v) is 6.26. The van der Waals surface area contributed by atoms with Gasteiger partial charge in [-0.1, -0.05) is 0 Å². The highest BCUT2D eigenvalue weighted by molar-refractivity contribution is 7.89. The zero-order chi connectivity index (χ0) is 14.2. The molecule has 1 aliphatic rings. The van der Waals surface area contributed by atoms with Gasteiger partial charge in [-0.15, -0.1) is 0 Å². The average molecular weight is 283 g/mol. The summed E-state index contributed by atoms with van der Waals surface area (Å²) >= 11 is 0. The normalized spacial score (nSPS) is 17.3. The fourth-order valence-electron chi connectivity index (χ4n) is 1.86. The minimum absolute atomic E-state index is 0.0208. The molecule has 0 radical (unpaired) electrons. The minimum atomic E-state index is -3.90. The van der Waals surface area contributed by atoms with Gasteiger partial charge in [0, 0.05) is 5.69 Å². The molecule has 3 N–H and O–H groups in total. The number of carbonyl (C=O) groups is 2. The van der Waals surface area contributed by atoms with Crippen LogP contribution in [0.1, 0.15) is 5.56 Å². The van der Waals surface area contributed by atoms with Crippen LogP contribution in [0.15, 0.2) is 23.1 Å². The van der Waals surface area contributed by atoms with Crippen molar-refractivity contribution < 1.29 is 18.0 Å². The van der Waals surface area contributed by atoms with Crippen LogP contribution in [-0.4, -0.2) is 37.6 Å². The zero-order valence-electron chi connectivity index (χ0n) is 10.2. The van der Waals surface area contributed by atoms with Crippen LogP contribution in [0.5, 0.6) is 0 Å². The third-order valence-corrected chi connectivity index (χ3v) is 4.40. The number of rotatable bonds is 2. The second kappa shape index (κ2) is 4.63. The maximum absolute atomic E-state index is 12.3. The Hall–Kier alpha value is -1.93. The highest BCUT2D eigenvalue weighted by Gasteiger charge is 2.33. The predicted molar refractivity (Wildman–Crippen MR) is 67.5 cm³/mol. The summed E-state index contributed by atoms with van der Waals surface area (Å²) in [5.74, 6) is -1.28. The van der Waals surface area contributed by atoms with E-state index in [1.54, 1.807) is 13.0 Å². The van der Waals surface area contributed by atoms with E-state index < -0.39 is 21.8 Å². The van der Waals surface area contributed by atoms with Gasteiger partial charge in [-0.05, 0) is 30.7 Å². The molecule has 0 atom stereocenters. The van der Waals surface area contributed by atoms with Crippen LogP contribution in [0, 0.1) is 6.92 Å². The van der Waals surface area contributed by atoms with E-state index in [1.807, 2.05) is 5.32 Å². The summed E-state index contributed by atoms with van der Waals surface area (Å²) in [7, 11) is -3.90. The SMILES string of the molecule is Cc1cc(N)cc(S(=O)(=O)N2CC(=O)NC(=O)C2)c1. The summed E-state index contributed by atoms with van der Waals surface area (Å²) in [5.41, 5.74) is 6.61. The first-order chi connectivity index (χ1) is 8.79. The molecule has 1 saturated heterocycles. The van der Waals surface area contributed by atoms with E-state index in [1.165, 1.54) is 12.1 Å². The number of nitrogen functional groups attached to an aromatic ring is 1. The lowest BCUT2D eigenvalue weighted by Crippen LogP contribution is -2.53. The van der Waals surface area contributed by atoms with Gasteiger partial charge in [0.05, 0.1) is 18.0 Å². The number of amides is 2. The monoisotopic (exact) mass is 283 g/mol. The van der Waals surface area contributed by atoms with Crippen molar-refractivity contribution in [3.63, 3.8) is 0 Å². The summed E-state index contributed by atoms with van der Waals surface area (Å²) < 4.78 is 25.5. The molecule has 102 valence electrons. The van der Waals surface area contributed by atoms with Crippen molar-refractivity contribution in [3.05, 3.63) is 23.8 Å². The van der Waals surface area contributed by atoms with Crippen molar-refractivity contribution in [1.29, 1.82) is 0 Å². The first kappa shape index (κ1) is 13.5. The molecule has 1 aliphatic heterocycles. The molecule has 2 amide bonds. The summed E-state index contributed by atoms with van der Waals surface area (Å²) in [5, 5.41) is 2.05. The van der Waals surface area contributed by atoms with Gasteiger partial charge in [0.25, 0.3) is 0 Å². The number of nitrogens with two attached hydrogens (primary N) is 1. The number of sulfonamides is 1. The highest BCUT2D eigenvalue weighted by Crippen LogP contribution is 2.20. The average Bonchev–Trinajstić information content (AvgIpc) is 2.26. The minimum Gasteiger partial charge on any atom is -0.399 e. The van der Waals surface area contributed by atoms with Crippen LogP contribution in [0.3, 0.4) is 0 Å². The molecule has 2 rings (SSSR count). The molecule has 1 heterocycles. The van der Waals surface area contributed by atoms with Crippen molar-refractivity contribution in [2.75, 3.05) is 18.8 Å². The number of imide groups is 1. The van der Waals surface area contributed by atoms with Gasteiger partial charge in [0.15, 0.2) is 0 Å². The van der Waals surface area contributed by atoms with Gasteiger partial charge in [0.2, 0.25) is 21.8 Å². The van der Waals surface area contributed by atoms with Crippen molar-refractivity contribution in [3.8, 4) is 0 Å². The lowest BCUT2D eigenvalue weighted by molar-refractivity contribution is -0.134.